The van der Waals surface area contributed by atoms with E-state index >= 15 is 0 Å². The fourth-order valence-corrected chi connectivity index (χ4v) is 4.47. The summed E-state index contributed by atoms with van der Waals surface area (Å²) in [6.07, 6.45) is 6.66. The standard InChI is InChI=1S/C22H36N4O3.HI/c1-5-23-22(25-17-12-13-26(15-17)18-8-6-7-9-18)24-14-16-10-11-19(27-2)21(29-4)20(16)28-3;/h10-11,17-18H,5-9,12-15H2,1-4H3,(H2,23,24,25);1H. The summed E-state index contributed by atoms with van der Waals surface area (Å²) in [5, 5.41) is 7.01. The molecule has 0 amide bonds. The van der Waals surface area contributed by atoms with E-state index in [4.69, 9.17) is 19.2 Å². The second-order valence-electron chi connectivity index (χ2n) is 7.75. The fraction of sp³-hybridized carbons (Fsp3) is 0.682. The number of methoxy groups -OCH3 is 3. The maximum Gasteiger partial charge on any atom is 0.203 e. The summed E-state index contributed by atoms with van der Waals surface area (Å²) in [6, 6.07) is 5.10. The van der Waals surface area contributed by atoms with E-state index in [0.717, 1.165) is 30.7 Å². The molecule has 2 aliphatic rings. The lowest BCUT2D eigenvalue weighted by atomic mass is 10.1. The first-order valence-corrected chi connectivity index (χ1v) is 10.8. The van der Waals surface area contributed by atoms with Crippen LogP contribution >= 0.6 is 24.0 Å². The Labute approximate surface area is 197 Å². The molecule has 0 bridgehead atoms. The molecule has 1 saturated carbocycles. The second-order valence-corrected chi connectivity index (χ2v) is 7.75. The van der Waals surface area contributed by atoms with Gasteiger partial charge in [-0.1, -0.05) is 12.8 Å². The number of nitrogens with zero attached hydrogens (tertiary/aromatic N) is 2. The van der Waals surface area contributed by atoms with E-state index in [2.05, 4.69) is 22.5 Å². The molecular formula is C22H37IN4O3. The molecule has 1 aliphatic carbocycles. The average Bonchev–Trinajstić information content (AvgIpc) is 3.43. The van der Waals surface area contributed by atoms with Crippen LogP contribution in [0.2, 0.25) is 0 Å². The van der Waals surface area contributed by atoms with Crippen molar-refractivity contribution in [3.8, 4) is 17.2 Å². The third kappa shape index (κ3) is 6.06. The third-order valence-electron chi connectivity index (χ3n) is 5.94. The van der Waals surface area contributed by atoms with Crippen LogP contribution in [0.5, 0.6) is 17.2 Å². The zero-order valence-corrected chi connectivity index (χ0v) is 21.0. The molecule has 1 aliphatic heterocycles. The summed E-state index contributed by atoms with van der Waals surface area (Å²) in [5.41, 5.74) is 0.960. The summed E-state index contributed by atoms with van der Waals surface area (Å²) >= 11 is 0. The van der Waals surface area contributed by atoms with Crippen molar-refractivity contribution in [2.24, 2.45) is 4.99 Å². The van der Waals surface area contributed by atoms with Gasteiger partial charge in [0.25, 0.3) is 0 Å². The molecule has 0 aromatic heterocycles. The number of hydrogen-bond donors (Lipinski definition) is 2. The molecule has 1 saturated heterocycles. The predicted octanol–water partition coefficient (Wildman–Crippen LogP) is 3.40. The smallest absolute Gasteiger partial charge is 0.203 e. The highest BCUT2D eigenvalue weighted by atomic mass is 127. The fourth-order valence-electron chi connectivity index (χ4n) is 4.47. The molecule has 1 unspecified atom stereocenters. The first-order valence-electron chi connectivity index (χ1n) is 10.8. The van der Waals surface area contributed by atoms with Crippen molar-refractivity contribution in [3.05, 3.63) is 17.7 Å². The summed E-state index contributed by atoms with van der Waals surface area (Å²) < 4.78 is 16.4. The molecule has 1 aromatic rings. The van der Waals surface area contributed by atoms with Crippen LogP contribution < -0.4 is 24.8 Å². The lowest BCUT2D eigenvalue weighted by Gasteiger charge is -2.24. The van der Waals surface area contributed by atoms with Crippen molar-refractivity contribution >= 4 is 29.9 Å². The van der Waals surface area contributed by atoms with Gasteiger partial charge in [0.1, 0.15) is 0 Å². The Morgan fingerprint density at radius 2 is 1.80 bits per heavy atom. The number of likely N-dealkylation sites (tertiary alicyclic amines) is 1. The lowest BCUT2D eigenvalue weighted by Crippen LogP contribution is -2.45. The number of nitrogens with one attached hydrogen (secondary N) is 2. The highest BCUT2D eigenvalue weighted by molar-refractivity contribution is 14.0. The van der Waals surface area contributed by atoms with Crippen LogP contribution in [0.1, 0.15) is 44.6 Å². The molecule has 2 fully saturated rings. The lowest BCUT2D eigenvalue weighted by molar-refractivity contribution is 0.242. The largest absolute Gasteiger partial charge is 0.493 e. The number of aliphatic imine (C=N–C) groups is 1. The van der Waals surface area contributed by atoms with Crippen LogP contribution in [0.4, 0.5) is 0 Å². The quantitative estimate of drug-likeness (QED) is 0.304. The maximum atomic E-state index is 5.58. The summed E-state index contributed by atoms with van der Waals surface area (Å²) in [6.45, 7) is 5.71. The van der Waals surface area contributed by atoms with E-state index in [1.807, 2.05) is 12.1 Å². The summed E-state index contributed by atoms with van der Waals surface area (Å²) in [4.78, 5) is 7.47. The number of halogens is 1. The van der Waals surface area contributed by atoms with Gasteiger partial charge in [0.2, 0.25) is 5.75 Å². The molecule has 1 atom stereocenters. The SMILES string of the molecule is CCNC(=NCc1ccc(OC)c(OC)c1OC)NC1CCN(C2CCCC2)C1.I. The first kappa shape index (κ1) is 24.8. The third-order valence-corrected chi connectivity index (χ3v) is 5.94. The number of benzene rings is 1. The molecule has 8 heteroatoms. The number of hydrogen-bond acceptors (Lipinski definition) is 5. The van der Waals surface area contributed by atoms with Crippen molar-refractivity contribution in [2.75, 3.05) is 41.0 Å². The molecule has 0 radical (unpaired) electrons. The van der Waals surface area contributed by atoms with Crippen LogP contribution in [0.25, 0.3) is 0 Å². The molecule has 1 heterocycles. The molecule has 7 nitrogen and oxygen atoms in total. The van der Waals surface area contributed by atoms with Gasteiger partial charge < -0.3 is 24.8 Å². The van der Waals surface area contributed by atoms with Crippen molar-refractivity contribution in [1.29, 1.82) is 0 Å². The van der Waals surface area contributed by atoms with Gasteiger partial charge in [-0.3, -0.25) is 4.90 Å². The van der Waals surface area contributed by atoms with E-state index < -0.39 is 0 Å². The topological polar surface area (TPSA) is 67.4 Å². The minimum atomic E-state index is 0. The maximum absolute atomic E-state index is 5.58. The molecule has 30 heavy (non-hydrogen) atoms. The monoisotopic (exact) mass is 532 g/mol. The van der Waals surface area contributed by atoms with E-state index in [0.29, 0.717) is 29.8 Å². The highest BCUT2D eigenvalue weighted by Crippen LogP contribution is 2.40. The zero-order valence-electron chi connectivity index (χ0n) is 18.7. The van der Waals surface area contributed by atoms with Crippen molar-refractivity contribution < 1.29 is 14.2 Å². The van der Waals surface area contributed by atoms with Crippen LogP contribution in [0, 0.1) is 0 Å². The van der Waals surface area contributed by atoms with Crippen molar-refractivity contribution in [3.63, 3.8) is 0 Å². The van der Waals surface area contributed by atoms with Crippen LogP contribution in [0.3, 0.4) is 0 Å². The van der Waals surface area contributed by atoms with E-state index in [9.17, 15) is 0 Å². The number of ether oxygens (including phenoxy) is 3. The van der Waals surface area contributed by atoms with Crippen LogP contribution in [0.15, 0.2) is 17.1 Å². The minimum absolute atomic E-state index is 0. The average molecular weight is 532 g/mol. The second kappa shape index (κ2) is 12.4. The zero-order chi connectivity index (χ0) is 20.6. The minimum Gasteiger partial charge on any atom is -0.493 e. The molecule has 170 valence electrons. The Kier molecular flexibility index (Phi) is 10.3. The van der Waals surface area contributed by atoms with Gasteiger partial charge >= 0.3 is 0 Å². The van der Waals surface area contributed by atoms with E-state index in [1.165, 1.54) is 38.6 Å². The van der Waals surface area contributed by atoms with Gasteiger partial charge in [-0.25, -0.2) is 4.99 Å². The van der Waals surface area contributed by atoms with Gasteiger partial charge in [0.05, 0.1) is 27.9 Å². The molecule has 3 rings (SSSR count). The normalized spacial score (nSPS) is 20.0. The van der Waals surface area contributed by atoms with E-state index in [1.54, 1.807) is 21.3 Å². The van der Waals surface area contributed by atoms with Gasteiger partial charge in [-0.2, -0.15) is 0 Å². The summed E-state index contributed by atoms with van der Waals surface area (Å²) in [7, 11) is 4.89. The number of guanidine groups is 1. The summed E-state index contributed by atoms with van der Waals surface area (Å²) in [5.74, 6) is 2.77. The molecule has 0 spiro atoms. The predicted molar refractivity (Wildman–Crippen MR) is 132 cm³/mol. The Morgan fingerprint density at radius 1 is 1.07 bits per heavy atom. The van der Waals surface area contributed by atoms with Gasteiger partial charge in [0, 0.05) is 37.3 Å². The Hall–Kier alpha value is -1.42. The number of rotatable bonds is 8. The van der Waals surface area contributed by atoms with Crippen molar-refractivity contribution in [2.45, 2.75) is 57.7 Å². The van der Waals surface area contributed by atoms with Crippen LogP contribution in [-0.4, -0.2) is 63.9 Å². The Morgan fingerprint density at radius 3 is 2.43 bits per heavy atom. The highest BCUT2D eigenvalue weighted by Gasteiger charge is 2.30. The van der Waals surface area contributed by atoms with Gasteiger partial charge in [-0.05, 0) is 38.3 Å². The Bertz CT molecular complexity index is 695. The van der Waals surface area contributed by atoms with Crippen LogP contribution in [-0.2, 0) is 6.54 Å². The van der Waals surface area contributed by atoms with Gasteiger partial charge in [-0.15, -0.1) is 24.0 Å². The molecule has 2 N–H and O–H groups in total. The molecular weight excluding hydrogens is 495 g/mol. The van der Waals surface area contributed by atoms with Gasteiger partial charge in [0.15, 0.2) is 17.5 Å². The van der Waals surface area contributed by atoms with E-state index in [-0.39, 0.29) is 24.0 Å². The first-order chi connectivity index (χ1) is 14.2. The Balaban J connectivity index is 0.00000320. The molecule has 1 aromatic carbocycles. The van der Waals surface area contributed by atoms with Crippen molar-refractivity contribution in [1.82, 2.24) is 15.5 Å².